The van der Waals surface area contributed by atoms with Crippen molar-refractivity contribution in [3.63, 3.8) is 0 Å². The van der Waals surface area contributed by atoms with Gasteiger partial charge in [0.25, 0.3) is 11.8 Å². The normalized spacial score (nSPS) is 23.9. The smallest absolute Gasteiger partial charge is 0.275 e. The first-order valence-electron chi connectivity index (χ1n) is 11.1. The van der Waals surface area contributed by atoms with E-state index >= 15 is 0 Å². The molecule has 36 heavy (non-hydrogen) atoms. The molecule has 0 aliphatic carbocycles. The number of aliphatic hydroxyl groups is 4. The highest BCUT2D eigenvalue weighted by atomic mass is 32.1. The Kier molecular flexibility index (Phi) is 9.49. The lowest BCUT2D eigenvalue weighted by molar-refractivity contribution is -0.251. The predicted molar refractivity (Wildman–Crippen MR) is 129 cm³/mol. The lowest BCUT2D eigenvalue weighted by Gasteiger charge is -2.40. The summed E-state index contributed by atoms with van der Waals surface area (Å²) in [7, 11) is 3.81. The number of aromatic nitrogens is 2. The number of hydrogen-bond acceptors (Lipinski definition) is 11. The third-order valence-corrected chi connectivity index (χ3v) is 6.24. The number of nitrogens with zero attached hydrogens (tertiary/aromatic N) is 3. The van der Waals surface area contributed by atoms with Crippen LogP contribution in [0.4, 0.5) is 10.8 Å². The van der Waals surface area contributed by atoms with Gasteiger partial charge < -0.3 is 50.6 Å². The molecule has 2 aromatic rings. The van der Waals surface area contributed by atoms with E-state index in [1.165, 1.54) is 22.2 Å². The second-order valence-electron chi connectivity index (χ2n) is 8.41. The van der Waals surface area contributed by atoms with E-state index in [0.717, 1.165) is 17.9 Å². The predicted octanol–water partition coefficient (Wildman–Crippen LogP) is -1.58. The molecule has 0 saturated carbocycles. The molecule has 14 nitrogen and oxygen atoms in total. The average molecular weight is 527 g/mol. The maximum Gasteiger partial charge on any atom is 0.275 e. The summed E-state index contributed by atoms with van der Waals surface area (Å²) in [4.78, 5) is 42.2. The first-order chi connectivity index (χ1) is 17.2. The zero-order valence-corrected chi connectivity index (χ0v) is 20.5. The summed E-state index contributed by atoms with van der Waals surface area (Å²) in [5, 5.41) is 49.8. The Bertz CT molecular complexity index is 1060. The fraction of sp³-hybridized carbons (Fsp3) is 0.524. The van der Waals surface area contributed by atoms with Crippen molar-refractivity contribution in [3.05, 3.63) is 29.0 Å². The van der Waals surface area contributed by atoms with Gasteiger partial charge in [0.2, 0.25) is 6.41 Å². The third kappa shape index (κ3) is 6.44. The van der Waals surface area contributed by atoms with Crippen molar-refractivity contribution in [1.82, 2.24) is 19.8 Å². The minimum absolute atomic E-state index is 0.000992. The number of nitrogens with one attached hydrogen (secondary N) is 3. The van der Waals surface area contributed by atoms with E-state index in [1.807, 2.05) is 19.0 Å². The number of ether oxygens (including phenoxy) is 1. The molecule has 1 aliphatic rings. The maximum atomic E-state index is 13.0. The maximum absolute atomic E-state index is 13.0. The molecular weight excluding hydrogens is 496 g/mol. The number of thiazole rings is 1. The molecule has 0 aromatic carbocycles. The fourth-order valence-electron chi connectivity index (χ4n) is 3.63. The molecular formula is C21H30N6O8S. The van der Waals surface area contributed by atoms with E-state index < -0.39 is 49.1 Å². The van der Waals surface area contributed by atoms with E-state index in [4.69, 9.17) is 4.74 Å². The number of amides is 3. The SMILES string of the molecule is CN(C)CCCNC(=O)c1cc(NC(=O)c2csc(NC=O)n2)cn1[C@H]1O[C@H](CO)[C@@H](O)[C@@H](O)[C@H]1O. The molecule has 5 atom stereocenters. The Morgan fingerprint density at radius 2 is 1.97 bits per heavy atom. The van der Waals surface area contributed by atoms with Crippen LogP contribution in [0.1, 0.15) is 33.6 Å². The van der Waals surface area contributed by atoms with E-state index in [-0.39, 0.29) is 22.2 Å². The fourth-order valence-corrected chi connectivity index (χ4v) is 4.28. The molecule has 3 amide bonds. The van der Waals surface area contributed by atoms with E-state index in [9.17, 15) is 34.8 Å². The largest absolute Gasteiger partial charge is 0.394 e. The summed E-state index contributed by atoms with van der Waals surface area (Å²) in [6.07, 6.45) is -4.98. The molecule has 1 fully saturated rings. The summed E-state index contributed by atoms with van der Waals surface area (Å²) in [5.74, 6) is -1.15. The molecule has 2 aromatic heterocycles. The van der Waals surface area contributed by atoms with Crippen LogP contribution in [-0.4, -0.2) is 111 Å². The van der Waals surface area contributed by atoms with Gasteiger partial charge in [-0.3, -0.25) is 14.4 Å². The highest BCUT2D eigenvalue weighted by Crippen LogP contribution is 2.31. The monoisotopic (exact) mass is 526 g/mol. The molecule has 3 rings (SSSR count). The van der Waals surface area contributed by atoms with Crippen molar-refractivity contribution in [3.8, 4) is 0 Å². The topological polar surface area (TPSA) is 199 Å². The van der Waals surface area contributed by atoms with Crippen LogP contribution in [0, 0.1) is 0 Å². The molecule has 3 heterocycles. The summed E-state index contributed by atoms with van der Waals surface area (Å²) in [6, 6.07) is 1.36. The highest BCUT2D eigenvalue weighted by Gasteiger charge is 2.45. The summed E-state index contributed by atoms with van der Waals surface area (Å²) < 4.78 is 6.82. The first-order valence-corrected chi connectivity index (χ1v) is 12.0. The average Bonchev–Trinajstić information content (AvgIpc) is 3.48. The van der Waals surface area contributed by atoms with Crippen LogP contribution >= 0.6 is 11.3 Å². The Morgan fingerprint density at radius 3 is 2.64 bits per heavy atom. The van der Waals surface area contributed by atoms with Gasteiger partial charge in [-0.2, -0.15) is 0 Å². The van der Waals surface area contributed by atoms with Gasteiger partial charge in [-0.25, -0.2) is 4.98 Å². The van der Waals surface area contributed by atoms with Gasteiger partial charge in [0, 0.05) is 18.1 Å². The zero-order valence-electron chi connectivity index (χ0n) is 19.7. The van der Waals surface area contributed by atoms with E-state index in [2.05, 4.69) is 20.9 Å². The van der Waals surface area contributed by atoms with Crippen molar-refractivity contribution in [1.29, 1.82) is 0 Å². The second-order valence-corrected chi connectivity index (χ2v) is 9.27. The van der Waals surface area contributed by atoms with Gasteiger partial charge in [0.1, 0.15) is 35.8 Å². The summed E-state index contributed by atoms with van der Waals surface area (Å²) in [6.45, 7) is 0.452. The first kappa shape index (κ1) is 27.7. The number of anilines is 2. The number of rotatable bonds is 11. The van der Waals surface area contributed by atoms with Gasteiger partial charge >= 0.3 is 0 Å². The molecule has 198 valence electrons. The van der Waals surface area contributed by atoms with Crippen molar-refractivity contribution in [2.24, 2.45) is 0 Å². The molecule has 1 saturated heterocycles. The van der Waals surface area contributed by atoms with Crippen molar-refractivity contribution in [2.75, 3.05) is 44.4 Å². The van der Waals surface area contributed by atoms with Crippen LogP contribution in [0.25, 0.3) is 0 Å². The van der Waals surface area contributed by atoms with Gasteiger partial charge in [-0.15, -0.1) is 11.3 Å². The molecule has 7 N–H and O–H groups in total. The Balaban J connectivity index is 1.86. The number of aliphatic hydroxyl groups excluding tert-OH is 4. The number of carbonyl (C=O) groups is 3. The Morgan fingerprint density at radius 1 is 1.22 bits per heavy atom. The van der Waals surface area contributed by atoms with Crippen LogP contribution in [0.5, 0.6) is 0 Å². The highest BCUT2D eigenvalue weighted by molar-refractivity contribution is 7.14. The minimum atomic E-state index is -1.66. The molecule has 0 spiro atoms. The van der Waals surface area contributed by atoms with Crippen LogP contribution in [0.2, 0.25) is 0 Å². The van der Waals surface area contributed by atoms with Crippen molar-refractivity contribution >= 4 is 40.4 Å². The Labute approximate surface area is 210 Å². The van der Waals surface area contributed by atoms with E-state index in [0.29, 0.717) is 19.4 Å². The lowest BCUT2D eigenvalue weighted by Crippen LogP contribution is -2.56. The van der Waals surface area contributed by atoms with Gasteiger partial charge in [0.15, 0.2) is 11.4 Å². The third-order valence-electron chi connectivity index (χ3n) is 5.47. The van der Waals surface area contributed by atoms with Crippen LogP contribution in [0.15, 0.2) is 17.6 Å². The molecule has 0 radical (unpaired) electrons. The standard InChI is InChI=1S/C21H30N6O8S/c1-26(2)5-3-4-22-19(34)13-6-11(24-18(33)12-9-36-21(25-12)23-10-29)7-27(13)20-17(32)16(31)15(30)14(8-28)35-20/h6-7,9-10,14-17,20,28,30-32H,3-5,8H2,1-2H3,(H,22,34)(H,24,33)(H,23,25,29)/t14-,15-,16-,17-,20+/m1/s1. The van der Waals surface area contributed by atoms with Crippen molar-refractivity contribution < 1.29 is 39.5 Å². The van der Waals surface area contributed by atoms with Crippen LogP contribution in [-0.2, 0) is 9.53 Å². The molecule has 0 unspecified atom stereocenters. The lowest BCUT2D eigenvalue weighted by atomic mass is 9.98. The van der Waals surface area contributed by atoms with Gasteiger partial charge in [0.05, 0.1) is 12.3 Å². The number of carbonyl (C=O) groups excluding carboxylic acids is 3. The molecule has 0 bridgehead atoms. The van der Waals surface area contributed by atoms with Crippen LogP contribution in [0.3, 0.4) is 0 Å². The quantitative estimate of drug-likeness (QED) is 0.132. The van der Waals surface area contributed by atoms with Crippen molar-refractivity contribution in [2.45, 2.75) is 37.1 Å². The van der Waals surface area contributed by atoms with Crippen LogP contribution < -0.4 is 16.0 Å². The van der Waals surface area contributed by atoms with E-state index in [1.54, 1.807) is 0 Å². The minimum Gasteiger partial charge on any atom is -0.394 e. The molecule has 1 aliphatic heterocycles. The molecule has 15 heteroatoms. The summed E-state index contributed by atoms with van der Waals surface area (Å²) >= 11 is 1.05. The van der Waals surface area contributed by atoms with Gasteiger partial charge in [-0.05, 0) is 33.1 Å². The zero-order chi connectivity index (χ0) is 26.4. The summed E-state index contributed by atoms with van der Waals surface area (Å²) in [5.41, 5.74) is 0.189. The number of hydrogen-bond donors (Lipinski definition) is 7. The second kappa shape index (κ2) is 12.4. The Hall–Kier alpha value is -2.92. The van der Waals surface area contributed by atoms with Gasteiger partial charge in [-0.1, -0.05) is 0 Å².